The van der Waals surface area contributed by atoms with Crippen LogP contribution in [0.2, 0.25) is 0 Å². The standard InChI is InChI=1S/C45H50.Zr/c1-11-29-27-33-15-13-17-37(31-19-23-35(24-20-31)43(3,4)5)39(33)41(29)45(9,10)42-30(12-2)28-34-16-14-18-38(40(34)42)32-21-25-36(26-22-32)44(6,7)8;/h13-28H,11-12H2,1-10H3;. The first kappa shape index (κ1) is 31.8. The van der Waals surface area contributed by atoms with Crippen LogP contribution < -0.4 is 0 Å². The van der Waals surface area contributed by atoms with Crippen LogP contribution in [0.5, 0.6) is 0 Å². The van der Waals surface area contributed by atoms with Crippen molar-refractivity contribution in [2.45, 2.75) is 100 Å². The van der Waals surface area contributed by atoms with Crippen molar-refractivity contribution in [1.29, 1.82) is 0 Å². The predicted molar refractivity (Wildman–Crippen MR) is 195 cm³/mol. The third kappa shape index (κ3) is 4.86. The molecule has 4 bridgehead atoms. The van der Waals surface area contributed by atoms with Gasteiger partial charge in [0.05, 0.1) is 0 Å². The minimum absolute atomic E-state index is 0.105. The summed E-state index contributed by atoms with van der Waals surface area (Å²) in [5.41, 5.74) is 21.7. The van der Waals surface area contributed by atoms with Crippen LogP contribution in [0.1, 0.15) is 123 Å². The molecule has 2 unspecified atom stereocenters. The van der Waals surface area contributed by atoms with E-state index in [-0.39, 0.29) is 16.2 Å². The Hall–Kier alpha value is -2.76. The normalized spacial score (nSPS) is 19.9. The molecule has 46 heavy (non-hydrogen) atoms. The third-order valence-corrected chi connectivity index (χ3v) is 16.0. The van der Waals surface area contributed by atoms with Crippen LogP contribution in [-0.2, 0) is 34.1 Å². The number of allylic oxidation sites excluding steroid dienone is 4. The maximum absolute atomic E-state index is 2.57. The van der Waals surface area contributed by atoms with Crippen molar-refractivity contribution in [1.82, 2.24) is 0 Å². The molecule has 0 amide bonds. The zero-order valence-corrected chi connectivity index (χ0v) is 32.1. The fraction of sp³-hybridized carbons (Fsp3) is 0.378. The van der Waals surface area contributed by atoms with Crippen LogP contribution in [-0.4, -0.2) is 0 Å². The first-order valence-corrected chi connectivity index (χ1v) is 20.3. The Balaban J connectivity index is 1.44. The van der Waals surface area contributed by atoms with Gasteiger partial charge in [0.2, 0.25) is 0 Å². The fourth-order valence-electron chi connectivity index (χ4n) is 8.81. The van der Waals surface area contributed by atoms with Crippen LogP contribution in [0.4, 0.5) is 0 Å². The molecule has 234 valence electrons. The van der Waals surface area contributed by atoms with E-state index < -0.39 is 23.2 Å². The van der Waals surface area contributed by atoms with Gasteiger partial charge in [-0.3, -0.25) is 0 Å². The average molecular weight is 682 g/mol. The van der Waals surface area contributed by atoms with Gasteiger partial charge in [-0.25, -0.2) is 0 Å². The number of rotatable bonds is 4. The van der Waals surface area contributed by atoms with E-state index in [0.29, 0.717) is 7.25 Å². The summed E-state index contributed by atoms with van der Waals surface area (Å²) in [6.45, 7) is 23.8. The topological polar surface area (TPSA) is 0 Å². The Kier molecular flexibility index (Phi) is 7.72. The van der Waals surface area contributed by atoms with Crippen LogP contribution >= 0.6 is 0 Å². The molecule has 2 atom stereocenters. The monoisotopic (exact) mass is 680 g/mol. The van der Waals surface area contributed by atoms with Gasteiger partial charge in [0.1, 0.15) is 0 Å². The zero-order chi connectivity index (χ0) is 32.8. The van der Waals surface area contributed by atoms with Gasteiger partial charge in [-0.15, -0.1) is 0 Å². The number of benzene rings is 4. The van der Waals surface area contributed by atoms with Crippen molar-refractivity contribution in [3.05, 3.63) is 129 Å². The van der Waals surface area contributed by atoms with E-state index in [9.17, 15) is 0 Å². The first-order valence-electron chi connectivity index (χ1n) is 17.5. The summed E-state index contributed by atoms with van der Waals surface area (Å²) in [5.74, 6) is 0. The Morgan fingerprint density at radius 2 is 0.913 bits per heavy atom. The SMILES string of the molecule is CCC1=C2c3c(-c4ccc(C(C)(C)C)cc4)cccc3[CH]1[Zr][CH]1C(CC)=C(c3c(-c4ccc(C(C)(C)C)cc4)cccc31)C2(C)C. The zero-order valence-electron chi connectivity index (χ0n) is 29.7. The van der Waals surface area contributed by atoms with Gasteiger partial charge in [-0.2, -0.15) is 0 Å². The van der Waals surface area contributed by atoms with Crippen molar-refractivity contribution >= 4 is 11.1 Å². The molecule has 3 aliphatic rings. The molecule has 1 aliphatic heterocycles. The van der Waals surface area contributed by atoms with Crippen LogP contribution in [0.3, 0.4) is 0 Å². The van der Waals surface area contributed by atoms with E-state index in [1.807, 2.05) is 0 Å². The second kappa shape index (κ2) is 11.2. The quantitative estimate of drug-likeness (QED) is 0.201. The van der Waals surface area contributed by atoms with Crippen molar-refractivity contribution in [2.75, 3.05) is 0 Å². The van der Waals surface area contributed by atoms with E-state index in [4.69, 9.17) is 0 Å². The first-order chi connectivity index (χ1) is 21.8. The second-order valence-corrected chi connectivity index (χ2v) is 20.0. The predicted octanol–water partition coefficient (Wildman–Crippen LogP) is 12.9. The van der Waals surface area contributed by atoms with Gasteiger partial charge in [-0.05, 0) is 0 Å². The number of hydrogen-bond donors (Lipinski definition) is 0. The number of fused-ring (bicyclic) bond motifs is 8. The summed E-state index contributed by atoms with van der Waals surface area (Å²) in [5, 5.41) is 0. The third-order valence-electron chi connectivity index (χ3n) is 11.1. The fourth-order valence-corrected chi connectivity index (χ4v) is 14.4. The van der Waals surface area contributed by atoms with E-state index in [2.05, 4.69) is 154 Å². The molecule has 0 saturated carbocycles. The second-order valence-electron chi connectivity index (χ2n) is 16.4. The van der Waals surface area contributed by atoms with E-state index in [1.54, 1.807) is 44.5 Å². The van der Waals surface area contributed by atoms with Gasteiger partial charge in [0, 0.05) is 0 Å². The number of hydrogen-bond acceptors (Lipinski definition) is 0. The van der Waals surface area contributed by atoms with Crippen molar-refractivity contribution in [2.24, 2.45) is 5.41 Å². The molecule has 0 fully saturated rings. The molecule has 0 aromatic heterocycles. The van der Waals surface area contributed by atoms with Gasteiger partial charge < -0.3 is 0 Å². The molecule has 7 rings (SSSR count). The minimum atomic E-state index is -0.967. The van der Waals surface area contributed by atoms with Crippen LogP contribution in [0.15, 0.2) is 96.1 Å². The molecular weight excluding hydrogens is 632 g/mol. The molecule has 0 radical (unpaired) electrons. The van der Waals surface area contributed by atoms with Gasteiger partial charge >= 0.3 is 292 Å². The van der Waals surface area contributed by atoms with E-state index in [0.717, 1.165) is 12.8 Å². The summed E-state index contributed by atoms with van der Waals surface area (Å²) in [7, 11) is 0. The molecule has 0 saturated heterocycles. The van der Waals surface area contributed by atoms with Crippen LogP contribution in [0, 0.1) is 5.41 Å². The molecule has 2 aliphatic carbocycles. The molecular formula is C45H50Zr. The Morgan fingerprint density at radius 3 is 1.24 bits per heavy atom. The Labute approximate surface area is 290 Å². The summed E-state index contributed by atoms with van der Waals surface area (Å²) in [4.78, 5) is 0. The van der Waals surface area contributed by atoms with Crippen LogP contribution in [0.25, 0.3) is 33.4 Å². The summed E-state index contributed by atoms with van der Waals surface area (Å²) in [6.07, 6.45) is 2.28. The molecule has 1 heterocycles. The molecule has 0 spiro atoms. The molecule has 4 aromatic rings. The molecule has 1 heteroatoms. The summed E-state index contributed by atoms with van der Waals surface area (Å²) < 4.78 is 1.25. The van der Waals surface area contributed by atoms with Gasteiger partial charge in [0.15, 0.2) is 0 Å². The van der Waals surface area contributed by atoms with E-state index >= 15 is 0 Å². The summed E-state index contributed by atoms with van der Waals surface area (Å²) in [6, 6.07) is 33.5. The molecule has 0 N–H and O–H groups in total. The van der Waals surface area contributed by atoms with Gasteiger partial charge in [0.25, 0.3) is 0 Å². The molecule has 0 nitrogen and oxygen atoms in total. The van der Waals surface area contributed by atoms with E-state index in [1.165, 1.54) is 33.4 Å². The van der Waals surface area contributed by atoms with Crippen molar-refractivity contribution in [3.63, 3.8) is 0 Å². The Bertz CT molecular complexity index is 1760. The Morgan fingerprint density at radius 1 is 0.543 bits per heavy atom. The van der Waals surface area contributed by atoms with Gasteiger partial charge in [-0.1, -0.05) is 0 Å². The maximum atomic E-state index is 2.57. The van der Waals surface area contributed by atoms with Crippen molar-refractivity contribution < 1.29 is 23.2 Å². The molecule has 4 aromatic carbocycles. The average Bonchev–Trinajstić information content (AvgIpc) is 3.54. The van der Waals surface area contributed by atoms with Crippen molar-refractivity contribution in [3.8, 4) is 22.3 Å². The summed E-state index contributed by atoms with van der Waals surface area (Å²) >= 11 is -0.967.